The summed E-state index contributed by atoms with van der Waals surface area (Å²) >= 11 is 0. The summed E-state index contributed by atoms with van der Waals surface area (Å²) in [4.78, 5) is 0. The Kier molecular flexibility index (Phi) is 47.0. The first kappa shape index (κ1) is 36.5. The van der Waals surface area contributed by atoms with Gasteiger partial charge in [0.2, 0.25) is 0 Å². The minimum Gasteiger partial charge on any atom is -0.394 e. The summed E-state index contributed by atoms with van der Waals surface area (Å²) in [6.45, 7) is 7.65. The van der Waals surface area contributed by atoms with Crippen LogP contribution in [0.25, 0.3) is 0 Å². The van der Waals surface area contributed by atoms with Gasteiger partial charge in [-0.25, -0.2) is 0 Å². The number of ether oxygens (including phenoxy) is 4. The molecule has 0 aliphatic carbocycles. The Bertz CT molecular complexity index is 145. The average Bonchev–Trinajstić information content (AvgIpc) is 2.66. The summed E-state index contributed by atoms with van der Waals surface area (Å²) in [5.41, 5.74) is 0. The fraction of sp³-hybridized carbons (Fsp3) is 1.00. The summed E-state index contributed by atoms with van der Waals surface area (Å²) in [7, 11) is 6.28. The van der Waals surface area contributed by atoms with Gasteiger partial charge in [0.1, 0.15) is 0 Å². The smallest absolute Gasteiger partial charge is 0.0773 e. The van der Waals surface area contributed by atoms with Gasteiger partial charge in [-0.2, -0.15) is 0 Å². The molecule has 0 aromatic heterocycles. The van der Waals surface area contributed by atoms with E-state index in [9.17, 15) is 0 Å². The fourth-order valence-corrected chi connectivity index (χ4v) is 0.298. The molecule has 156 valence electrons. The Morgan fingerprint density at radius 3 is 0.600 bits per heavy atom. The van der Waals surface area contributed by atoms with Crippen LogP contribution < -0.4 is 0 Å². The second-order valence-electron chi connectivity index (χ2n) is 4.92. The topological polar surface area (TPSA) is 118 Å². The Balaban J connectivity index is -0.0000000702. The van der Waals surface area contributed by atoms with E-state index in [1.807, 2.05) is 0 Å². The van der Waals surface area contributed by atoms with E-state index in [4.69, 9.17) is 20.4 Å². The summed E-state index contributed by atoms with van der Waals surface area (Å²) in [6, 6.07) is 0. The van der Waals surface area contributed by atoms with Gasteiger partial charge in [0, 0.05) is 54.3 Å². The number of aliphatic hydroxyl groups excluding tert-OH is 4. The zero-order valence-electron chi connectivity index (χ0n) is 17.1. The summed E-state index contributed by atoms with van der Waals surface area (Å²) in [5, 5.41) is 32.8. The van der Waals surface area contributed by atoms with Crippen LogP contribution in [0.5, 0.6) is 0 Å². The van der Waals surface area contributed by atoms with Crippen molar-refractivity contribution in [3.63, 3.8) is 0 Å². The maximum absolute atomic E-state index is 8.21. The minimum atomic E-state index is -0.00926. The molecule has 8 nitrogen and oxygen atoms in total. The standard InChI is InChI=1S/4C4H10O2.Hf/c4*1-4(3-5)6-2;/h4*4-5H,3H2,1-2H3;. The van der Waals surface area contributed by atoms with Crippen molar-refractivity contribution in [2.45, 2.75) is 52.1 Å². The summed E-state index contributed by atoms with van der Waals surface area (Å²) in [5.74, 6) is 0. The number of methoxy groups -OCH3 is 4. The molecule has 0 aliphatic rings. The van der Waals surface area contributed by atoms with Crippen LogP contribution in [-0.4, -0.2) is 99.7 Å². The third-order valence-corrected chi connectivity index (χ3v) is 2.64. The van der Waals surface area contributed by atoms with E-state index < -0.39 is 0 Å². The van der Waals surface area contributed by atoms with Crippen LogP contribution in [0, 0.1) is 0 Å². The van der Waals surface area contributed by atoms with E-state index in [-0.39, 0.29) is 76.7 Å². The molecule has 9 heteroatoms. The normalized spacial score (nSPS) is 13.9. The molecule has 0 rings (SSSR count). The SMILES string of the molecule is COC(C)CO.COC(C)CO.COC(C)CO.COC(C)CO.[Hf]. The van der Waals surface area contributed by atoms with Gasteiger partial charge in [0.25, 0.3) is 0 Å². The molecule has 4 unspecified atom stereocenters. The van der Waals surface area contributed by atoms with Gasteiger partial charge in [-0.1, -0.05) is 0 Å². The van der Waals surface area contributed by atoms with E-state index in [1.54, 1.807) is 56.1 Å². The van der Waals surface area contributed by atoms with E-state index in [0.29, 0.717) is 0 Å². The van der Waals surface area contributed by atoms with E-state index in [0.717, 1.165) is 0 Å². The molecular weight excluding hydrogens is 499 g/mol. The van der Waals surface area contributed by atoms with Crippen molar-refractivity contribution < 1.29 is 65.2 Å². The average molecular weight is 539 g/mol. The first-order valence-corrected chi connectivity index (χ1v) is 7.78. The molecule has 0 heterocycles. The molecule has 0 saturated heterocycles. The van der Waals surface area contributed by atoms with Crippen molar-refractivity contribution in [3.05, 3.63) is 0 Å². The molecular formula is C16H40HfO8. The third kappa shape index (κ3) is 45.6. The van der Waals surface area contributed by atoms with Crippen molar-refractivity contribution in [2.75, 3.05) is 54.9 Å². The molecule has 0 bridgehead atoms. The van der Waals surface area contributed by atoms with Crippen molar-refractivity contribution in [1.29, 1.82) is 0 Å². The van der Waals surface area contributed by atoms with Crippen LogP contribution in [-0.2, 0) is 44.8 Å². The zero-order valence-corrected chi connectivity index (χ0v) is 20.7. The largest absolute Gasteiger partial charge is 0.394 e. The predicted molar refractivity (Wildman–Crippen MR) is 94.2 cm³/mol. The Hall–Kier alpha value is 0.550. The molecule has 0 aromatic rings. The monoisotopic (exact) mass is 540 g/mol. The van der Waals surface area contributed by atoms with Crippen molar-refractivity contribution in [1.82, 2.24) is 0 Å². The summed E-state index contributed by atoms with van der Waals surface area (Å²) < 4.78 is 18.6. The maximum Gasteiger partial charge on any atom is 0.0773 e. The van der Waals surface area contributed by atoms with Crippen LogP contribution >= 0.6 is 0 Å². The molecule has 25 heavy (non-hydrogen) atoms. The molecule has 0 aliphatic heterocycles. The quantitative estimate of drug-likeness (QED) is 0.320. The number of aliphatic hydroxyl groups is 4. The Morgan fingerprint density at radius 2 is 0.600 bits per heavy atom. The van der Waals surface area contributed by atoms with Gasteiger partial charge >= 0.3 is 0 Å². The Morgan fingerprint density at radius 1 is 0.480 bits per heavy atom. The van der Waals surface area contributed by atoms with Crippen molar-refractivity contribution >= 4 is 0 Å². The van der Waals surface area contributed by atoms with E-state index in [1.165, 1.54) is 0 Å². The van der Waals surface area contributed by atoms with Crippen molar-refractivity contribution in [2.24, 2.45) is 0 Å². The minimum absolute atomic E-state index is 0. The first-order chi connectivity index (χ1) is 11.2. The zero-order chi connectivity index (χ0) is 20.0. The number of hydrogen-bond acceptors (Lipinski definition) is 8. The molecule has 4 atom stereocenters. The Labute approximate surface area is 172 Å². The van der Waals surface area contributed by atoms with Crippen molar-refractivity contribution in [3.8, 4) is 0 Å². The van der Waals surface area contributed by atoms with Gasteiger partial charge in [-0.3, -0.25) is 0 Å². The third-order valence-electron chi connectivity index (χ3n) is 2.64. The molecule has 4 N–H and O–H groups in total. The van der Waals surface area contributed by atoms with Gasteiger partial charge in [-0.15, -0.1) is 0 Å². The van der Waals surface area contributed by atoms with Crippen LogP contribution in [0.15, 0.2) is 0 Å². The second-order valence-corrected chi connectivity index (χ2v) is 4.92. The number of rotatable bonds is 8. The van der Waals surface area contributed by atoms with Gasteiger partial charge in [0.05, 0.1) is 50.8 Å². The van der Waals surface area contributed by atoms with Crippen LogP contribution in [0.1, 0.15) is 27.7 Å². The van der Waals surface area contributed by atoms with Gasteiger partial charge in [0.15, 0.2) is 0 Å². The fourth-order valence-electron chi connectivity index (χ4n) is 0.298. The molecule has 0 saturated carbocycles. The predicted octanol–water partition coefficient (Wildman–Crippen LogP) is 0.0519. The molecule has 0 radical (unpaired) electrons. The van der Waals surface area contributed by atoms with Crippen LogP contribution in [0.4, 0.5) is 0 Å². The first-order valence-electron chi connectivity index (χ1n) is 7.78. The van der Waals surface area contributed by atoms with Gasteiger partial charge in [-0.05, 0) is 27.7 Å². The second kappa shape index (κ2) is 32.2. The molecule has 0 amide bonds. The van der Waals surface area contributed by atoms with E-state index >= 15 is 0 Å². The van der Waals surface area contributed by atoms with E-state index in [2.05, 4.69) is 18.9 Å². The van der Waals surface area contributed by atoms with Gasteiger partial charge < -0.3 is 39.4 Å². The maximum atomic E-state index is 8.21. The van der Waals surface area contributed by atoms with Crippen LogP contribution in [0.2, 0.25) is 0 Å². The number of hydrogen-bond donors (Lipinski definition) is 4. The van der Waals surface area contributed by atoms with Crippen LogP contribution in [0.3, 0.4) is 0 Å². The molecule has 0 fully saturated rings. The summed E-state index contributed by atoms with van der Waals surface area (Å²) in [6.07, 6.45) is -0.0370. The molecule has 0 spiro atoms. The molecule has 0 aromatic carbocycles.